The SMILES string of the molecule is CCCCCC1(CC[C@H]2[C@H](N)CC3OC(=O)C[C@@H]32)OCCO1. The number of unbranched alkanes of at least 4 members (excludes halogenated alkanes) is 2. The largest absolute Gasteiger partial charge is 0.462 e. The molecule has 4 atom stereocenters. The van der Waals surface area contributed by atoms with Crippen molar-refractivity contribution in [2.24, 2.45) is 17.6 Å². The van der Waals surface area contributed by atoms with Crippen molar-refractivity contribution in [3.05, 3.63) is 0 Å². The van der Waals surface area contributed by atoms with Crippen LogP contribution in [0.25, 0.3) is 0 Å². The average Bonchev–Trinajstić information content (AvgIpc) is 3.13. The normalized spacial score (nSPS) is 36.5. The van der Waals surface area contributed by atoms with E-state index in [4.69, 9.17) is 19.9 Å². The van der Waals surface area contributed by atoms with Crippen molar-refractivity contribution in [3.63, 3.8) is 0 Å². The minimum Gasteiger partial charge on any atom is -0.462 e. The molecule has 1 saturated carbocycles. The number of ether oxygens (including phenoxy) is 3. The van der Waals surface area contributed by atoms with Crippen molar-refractivity contribution in [1.29, 1.82) is 0 Å². The summed E-state index contributed by atoms with van der Waals surface area (Å²) < 4.78 is 17.3. The summed E-state index contributed by atoms with van der Waals surface area (Å²) >= 11 is 0. The number of carbonyl (C=O) groups is 1. The number of rotatable bonds is 7. The summed E-state index contributed by atoms with van der Waals surface area (Å²) in [5, 5.41) is 0. The van der Waals surface area contributed by atoms with Gasteiger partial charge in [-0.3, -0.25) is 4.79 Å². The van der Waals surface area contributed by atoms with Crippen LogP contribution in [-0.2, 0) is 19.0 Å². The molecule has 5 heteroatoms. The summed E-state index contributed by atoms with van der Waals surface area (Å²) in [4.78, 5) is 11.5. The van der Waals surface area contributed by atoms with E-state index in [1.165, 1.54) is 12.8 Å². The molecule has 2 aliphatic heterocycles. The number of esters is 1. The Kier molecular flexibility index (Phi) is 5.05. The Hall–Kier alpha value is -0.650. The highest BCUT2D eigenvalue weighted by Crippen LogP contribution is 2.44. The maximum absolute atomic E-state index is 11.5. The van der Waals surface area contributed by atoms with Crippen molar-refractivity contribution < 1.29 is 19.0 Å². The molecule has 0 bridgehead atoms. The standard InChI is InChI=1S/C17H29NO4/c1-2-3-4-6-17(20-8-9-21-17)7-5-12-13-10-16(19)22-15(13)11-14(12)18/h12-15H,2-11,18H2,1H3/t12-,13-,14-,15?/m1/s1. The molecule has 126 valence electrons. The van der Waals surface area contributed by atoms with Crippen LogP contribution in [0.3, 0.4) is 0 Å². The molecule has 3 rings (SSSR count). The molecule has 2 saturated heterocycles. The molecule has 0 aromatic heterocycles. The highest BCUT2D eigenvalue weighted by atomic mass is 16.7. The van der Waals surface area contributed by atoms with Crippen LogP contribution >= 0.6 is 0 Å². The van der Waals surface area contributed by atoms with Crippen LogP contribution < -0.4 is 5.73 Å². The van der Waals surface area contributed by atoms with Gasteiger partial charge in [0.15, 0.2) is 5.79 Å². The third kappa shape index (κ3) is 3.31. The van der Waals surface area contributed by atoms with Gasteiger partial charge in [0.05, 0.1) is 19.6 Å². The van der Waals surface area contributed by atoms with Crippen molar-refractivity contribution in [1.82, 2.24) is 0 Å². The first kappa shape index (κ1) is 16.2. The zero-order valence-electron chi connectivity index (χ0n) is 13.6. The van der Waals surface area contributed by atoms with Gasteiger partial charge >= 0.3 is 5.97 Å². The quantitative estimate of drug-likeness (QED) is 0.577. The third-order valence-corrected chi connectivity index (χ3v) is 5.60. The van der Waals surface area contributed by atoms with Gasteiger partial charge in [-0.1, -0.05) is 19.8 Å². The molecule has 3 fully saturated rings. The smallest absolute Gasteiger partial charge is 0.306 e. The van der Waals surface area contributed by atoms with Crippen molar-refractivity contribution in [3.8, 4) is 0 Å². The van der Waals surface area contributed by atoms with Crippen LogP contribution in [0.5, 0.6) is 0 Å². The fraction of sp³-hybridized carbons (Fsp3) is 0.941. The van der Waals surface area contributed by atoms with Crippen LogP contribution in [0.4, 0.5) is 0 Å². The number of carbonyl (C=O) groups excluding carboxylic acids is 1. The van der Waals surface area contributed by atoms with E-state index in [9.17, 15) is 4.79 Å². The number of hydrogen-bond acceptors (Lipinski definition) is 5. The van der Waals surface area contributed by atoms with Crippen molar-refractivity contribution in [2.45, 2.75) is 76.2 Å². The van der Waals surface area contributed by atoms with Crippen LogP contribution in [0, 0.1) is 11.8 Å². The average molecular weight is 311 g/mol. The summed E-state index contributed by atoms with van der Waals surface area (Å²) in [6.45, 7) is 3.59. The Labute approximate surface area is 132 Å². The molecule has 2 N–H and O–H groups in total. The molecule has 5 nitrogen and oxygen atoms in total. The number of hydrogen-bond donors (Lipinski definition) is 1. The zero-order valence-corrected chi connectivity index (χ0v) is 13.6. The molecule has 2 heterocycles. The van der Waals surface area contributed by atoms with Gasteiger partial charge < -0.3 is 19.9 Å². The van der Waals surface area contributed by atoms with E-state index < -0.39 is 5.79 Å². The number of fused-ring (bicyclic) bond motifs is 1. The molecule has 0 aromatic rings. The van der Waals surface area contributed by atoms with Crippen LogP contribution in [-0.4, -0.2) is 37.1 Å². The Morgan fingerprint density at radius 2 is 2.00 bits per heavy atom. The van der Waals surface area contributed by atoms with E-state index in [-0.39, 0.29) is 18.1 Å². The summed E-state index contributed by atoms with van der Waals surface area (Å²) in [6.07, 6.45) is 7.76. The van der Waals surface area contributed by atoms with E-state index >= 15 is 0 Å². The summed E-state index contributed by atoms with van der Waals surface area (Å²) in [7, 11) is 0. The maximum atomic E-state index is 11.5. The fourth-order valence-electron chi connectivity index (χ4n) is 4.41. The van der Waals surface area contributed by atoms with E-state index in [0.717, 1.165) is 32.1 Å². The van der Waals surface area contributed by atoms with Gasteiger partial charge in [-0.15, -0.1) is 0 Å². The molecule has 3 aliphatic rings. The minimum atomic E-state index is -0.406. The maximum Gasteiger partial charge on any atom is 0.306 e. The zero-order chi connectivity index (χ0) is 15.6. The van der Waals surface area contributed by atoms with Gasteiger partial charge in [-0.2, -0.15) is 0 Å². The molecule has 1 unspecified atom stereocenters. The molecule has 0 aromatic carbocycles. The molecular formula is C17H29NO4. The Bertz CT molecular complexity index is 394. The van der Waals surface area contributed by atoms with E-state index in [1.54, 1.807) is 0 Å². The van der Waals surface area contributed by atoms with Gasteiger partial charge in [0.2, 0.25) is 0 Å². The van der Waals surface area contributed by atoms with Gasteiger partial charge in [-0.25, -0.2) is 0 Å². The second-order valence-corrected chi connectivity index (χ2v) is 7.06. The minimum absolute atomic E-state index is 0.0500. The molecule has 1 aliphatic carbocycles. The summed E-state index contributed by atoms with van der Waals surface area (Å²) in [5.41, 5.74) is 6.29. The van der Waals surface area contributed by atoms with Gasteiger partial charge in [0, 0.05) is 31.2 Å². The predicted octanol–water partition coefficient (Wildman–Crippen LogP) is 2.37. The lowest BCUT2D eigenvalue weighted by Crippen LogP contribution is -2.34. The number of nitrogens with two attached hydrogens (primary N) is 1. The molecule has 22 heavy (non-hydrogen) atoms. The van der Waals surface area contributed by atoms with E-state index in [0.29, 0.717) is 31.5 Å². The Morgan fingerprint density at radius 3 is 2.73 bits per heavy atom. The van der Waals surface area contributed by atoms with Crippen LogP contribution in [0.2, 0.25) is 0 Å². The summed E-state index contributed by atoms with van der Waals surface area (Å²) in [6, 6.07) is 0.136. The third-order valence-electron chi connectivity index (χ3n) is 5.60. The molecular weight excluding hydrogens is 282 g/mol. The second kappa shape index (κ2) is 6.85. The van der Waals surface area contributed by atoms with Crippen molar-refractivity contribution in [2.75, 3.05) is 13.2 Å². The van der Waals surface area contributed by atoms with Gasteiger partial charge in [0.25, 0.3) is 0 Å². The molecule has 0 amide bonds. The first-order chi connectivity index (χ1) is 10.6. The first-order valence-corrected chi connectivity index (χ1v) is 8.86. The molecule has 0 spiro atoms. The van der Waals surface area contributed by atoms with Crippen LogP contribution in [0.15, 0.2) is 0 Å². The summed E-state index contributed by atoms with van der Waals surface area (Å²) in [5.74, 6) is 0.193. The van der Waals surface area contributed by atoms with Gasteiger partial charge in [-0.05, 0) is 18.8 Å². The second-order valence-electron chi connectivity index (χ2n) is 7.06. The Morgan fingerprint density at radius 1 is 1.23 bits per heavy atom. The lowest BCUT2D eigenvalue weighted by atomic mass is 9.85. The van der Waals surface area contributed by atoms with Crippen molar-refractivity contribution >= 4 is 5.97 Å². The monoisotopic (exact) mass is 311 g/mol. The van der Waals surface area contributed by atoms with Crippen LogP contribution in [0.1, 0.15) is 58.3 Å². The first-order valence-electron chi connectivity index (χ1n) is 8.86. The topological polar surface area (TPSA) is 70.8 Å². The molecule has 0 radical (unpaired) electrons. The lowest BCUT2D eigenvalue weighted by Gasteiger charge is -2.30. The highest BCUT2D eigenvalue weighted by molar-refractivity contribution is 5.72. The van der Waals surface area contributed by atoms with E-state index in [1.807, 2.05) is 0 Å². The fourth-order valence-corrected chi connectivity index (χ4v) is 4.41. The van der Waals surface area contributed by atoms with E-state index in [2.05, 4.69) is 6.92 Å². The van der Waals surface area contributed by atoms with Gasteiger partial charge in [0.1, 0.15) is 6.10 Å². The Balaban J connectivity index is 1.56. The lowest BCUT2D eigenvalue weighted by molar-refractivity contribution is -0.170. The highest BCUT2D eigenvalue weighted by Gasteiger charge is 2.49. The predicted molar refractivity (Wildman–Crippen MR) is 82.1 cm³/mol.